The van der Waals surface area contributed by atoms with Gasteiger partial charge in [0.25, 0.3) is 0 Å². The quantitative estimate of drug-likeness (QED) is 0.861. The van der Waals surface area contributed by atoms with Gasteiger partial charge in [0.15, 0.2) is 5.72 Å². The number of carbonyl (C=O) groups excluding carboxylic acids is 1. The first-order valence-corrected chi connectivity index (χ1v) is 7.72. The van der Waals surface area contributed by atoms with Gasteiger partial charge in [0.1, 0.15) is 0 Å². The molecule has 2 bridgehead atoms. The average Bonchev–Trinajstić information content (AvgIpc) is 2.96. The Kier molecular flexibility index (Phi) is 2.82. The summed E-state index contributed by atoms with van der Waals surface area (Å²) in [5.74, 6) is -0.207. The molecule has 1 aromatic heterocycles. The fraction of sp³-hybridized carbons (Fsp3) is 0.471. The van der Waals surface area contributed by atoms with Crippen molar-refractivity contribution in [3.63, 3.8) is 0 Å². The van der Waals surface area contributed by atoms with Gasteiger partial charge in [-0.3, -0.25) is 4.90 Å². The molecule has 0 saturated carbocycles. The van der Waals surface area contributed by atoms with Crippen molar-refractivity contribution in [2.45, 2.75) is 43.9 Å². The Morgan fingerprint density at radius 3 is 3.10 bits per heavy atom. The van der Waals surface area contributed by atoms with Crippen LogP contribution in [0.2, 0.25) is 0 Å². The number of H-pyrrole nitrogens is 1. The van der Waals surface area contributed by atoms with Gasteiger partial charge in [0.05, 0.1) is 5.56 Å². The fourth-order valence-electron chi connectivity index (χ4n) is 3.99. The van der Waals surface area contributed by atoms with E-state index in [0.717, 1.165) is 36.6 Å². The number of para-hydroxylation sites is 1. The third-order valence-electron chi connectivity index (χ3n) is 5.26. The van der Waals surface area contributed by atoms with E-state index in [2.05, 4.69) is 16.9 Å². The van der Waals surface area contributed by atoms with Crippen molar-refractivity contribution in [3.05, 3.63) is 36.0 Å². The van der Waals surface area contributed by atoms with Crippen molar-refractivity contribution in [1.29, 1.82) is 0 Å². The molecule has 2 saturated heterocycles. The molecule has 2 fully saturated rings. The standard InChI is InChI=1S/C17H20N2O2/c1-19-12-5-4-9-17(19,10-8-12)21-16(20)14-11-18-15-7-3-2-6-13(14)15/h2-3,6-7,11-12,18H,4-5,8-10H2,1H3/t12-,17-/m1/s1. The predicted octanol–water partition coefficient (Wildman–Crippen LogP) is 3.30. The van der Waals surface area contributed by atoms with Gasteiger partial charge in [-0.25, -0.2) is 4.79 Å². The zero-order valence-corrected chi connectivity index (χ0v) is 12.3. The van der Waals surface area contributed by atoms with Gasteiger partial charge in [-0.15, -0.1) is 0 Å². The van der Waals surface area contributed by atoms with Crippen LogP contribution in [0.1, 0.15) is 42.5 Å². The first-order valence-electron chi connectivity index (χ1n) is 7.72. The minimum Gasteiger partial charge on any atom is -0.440 e. The molecule has 2 aliphatic rings. The van der Waals surface area contributed by atoms with Crippen LogP contribution in [-0.4, -0.2) is 34.7 Å². The third kappa shape index (κ3) is 1.89. The highest BCUT2D eigenvalue weighted by Crippen LogP contribution is 2.44. The maximum absolute atomic E-state index is 12.6. The third-order valence-corrected chi connectivity index (χ3v) is 5.26. The van der Waals surface area contributed by atoms with Crippen molar-refractivity contribution in [3.8, 4) is 0 Å². The molecule has 1 N–H and O–H groups in total. The maximum atomic E-state index is 12.6. The van der Waals surface area contributed by atoms with Crippen molar-refractivity contribution >= 4 is 16.9 Å². The van der Waals surface area contributed by atoms with E-state index in [9.17, 15) is 4.79 Å². The highest BCUT2D eigenvalue weighted by Gasteiger charge is 2.49. The zero-order valence-electron chi connectivity index (χ0n) is 12.3. The summed E-state index contributed by atoms with van der Waals surface area (Å²) in [5, 5.41) is 0.937. The van der Waals surface area contributed by atoms with Crippen LogP contribution in [0.5, 0.6) is 0 Å². The number of rotatable bonds is 2. The Hall–Kier alpha value is -1.81. The number of aromatic amines is 1. The van der Waals surface area contributed by atoms with E-state index >= 15 is 0 Å². The molecule has 1 aromatic carbocycles. The lowest BCUT2D eigenvalue weighted by Crippen LogP contribution is -2.50. The summed E-state index contributed by atoms with van der Waals surface area (Å²) < 4.78 is 6.00. The van der Waals surface area contributed by atoms with Gasteiger partial charge in [-0.05, 0) is 32.4 Å². The molecule has 110 valence electrons. The molecular weight excluding hydrogens is 264 g/mol. The van der Waals surface area contributed by atoms with E-state index in [1.54, 1.807) is 6.20 Å². The van der Waals surface area contributed by atoms with Crippen molar-refractivity contribution in [1.82, 2.24) is 9.88 Å². The Balaban J connectivity index is 1.64. The summed E-state index contributed by atoms with van der Waals surface area (Å²) >= 11 is 0. The summed E-state index contributed by atoms with van der Waals surface area (Å²) in [4.78, 5) is 18.1. The Morgan fingerprint density at radius 2 is 2.19 bits per heavy atom. The molecule has 2 aliphatic heterocycles. The van der Waals surface area contributed by atoms with Gasteiger partial charge in [-0.2, -0.15) is 0 Å². The second-order valence-corrected chi connectivity index (χ2v) is 6.28. The first-order chi connectivity index (χ1) is 10.2. The average molecular weight is 284 g/mol. The molecule has 3 heterocycles. The molecule has 4 nitrogen and oxygen atoms in total. The molecule has 4 heteroatoms. The highest BCUT2D eigenvalue weighted by molar-refractivity contribution is 6.04. The van der Waals surface area contributed by atoms with Gasteiger partial charge in [-0.1, -0.05) is 18.2 Å². The molecule has 0 aliphatic carbocycles. The number of nitrogens with one attached hydrogen (secondary N) is 1. The number of fused-ring (bicyclic) bond motifs is 3. The second kappa shape index (κ2) is 4.60. The lowest BCUT2D eigenvalue weighted by atomic mass is 10.0. The summed E-state index contributed by atoms with van der Waals surface area (Å²) in [7, 11) is 2.10. The molecule has 0 unspecified atom stereocenters. The maximum Gasteiger partial charge on any atom is 0.342 e. The number of aromatic nitrogens is 1. The van der Waals surface area contributed by atoms with Gasteiger partial charge in [0.2, 0.25) is 0 Å². The van der Waals surface area contributed by atoms with Gasteiger partial charge >= 0.3 is 5.97 Å². The predicted molar refractivity (Wildman–Crippen MR) is 81.1 cm³/mol. The van der Waals surface area contributed by atoms with E-state index in [0.29, 0.717) is 11.6 Å². The number of piperidine rings is 1. The van der Waals surface area contributed by atoms with Crippen LogP contribution in [0.3, 0.4) is 0 Å². The molecule has 2 aromatic rings. The second-order valence-electron chi connectivity index (χ2n) is 6.28. The fourth-order valence-corrected chi connectivity index (χ4v) is 3.99. The number of carbonyl (C=O) groups is 1. The normalized spacial score (nSPS) is 28.9. The molecule has 0 spiro atoms. The molecule has 4 rings (SSSR count). The number of hydrogen-bond donors (Lipinski definition) is 1. The van der Waals surface area contributed by atoms with Crippen LogP contribution in [-0.2, 0) is 4.74 Å². The van der Waals surface area contributed by atoms with Crippen LogP contribution >= 0.6 is 0 Å². The van der Waals surface area contributed by atoms with Crippen molar-refractivity contribution < 1.29 is 9.53 Å². The monoisotopic (exact) mass is 284 g/mol. The number of benzene rings is 1. The molecule has 0 amide bonds. The lowest BCUT2D eigenvalue weighted by Gasteiger charge is -2.41. The number of ether oxygens (including phenoxy) is 1. The SMILES string of the molecule is CN1[C@@H]2CCC[C@@]1(OC(=O)c1c[nH]c3ccccc13)CC2. The van der Waals surface area contributed by atoms with E-state index in [-0.39, 0.29) is 11.7 Å². The summed E-state index contributed by atoms with van der Waals surface area (Å²) in [6, 6.07) is 8.42. The summed E-state index contributed by atoms with van der Waals surface area (Å²) in [5.41, 5.74) is 1.24. The van der Waals surface area contributed by atoms with E-state index in [1.807, 2.05) is 24.3 Å². The zero-order chi connectivity index (χ0) is 14.4. The molecule has 21 heavy (non-hydrogen) atoms. The van der Waals surface area contributed by atoms with Crippen LogP contribution in [0.25, 0.3) is 10.9 Å². The first kappa shape index (κ1) is 12.9. The van der Waals surface area contributed by atoms with Gasteiger partial charge in [0, 0.05) is 36.0 Å². The Morgan fingerprint density at radius 1 is 1.33 bits per heavy atom. The number of nitrogens with zero attached hydrogens (tertiary/aromatic N) is 1. The summed E-state index contributed by atoms with van der Waals surface area (Å²) in [6.07, 6.45) is 7.19. The topological polar surface area (TPSA) is 45.3 Å². The molecule has 0 radical (unpaired) electrons. The Bertz CT molecular complexity index is 689. The highest BCUT2D eigenvalue weighted by atomic mass is 16.6. The number of hydrogen-bond acceptors (Lipinski definition) is 3. The van der Waals surface area contributed by atoms with Crippen LogP contribution < -0.4 is 0 Å². The van der Waals surface area contributed by atoms with Crippen molar-refractivity contribution in [2.75, 3.05) is 7.05 Å². The Labute approximate surface area is 124 Å². The minimum absolute atomic E-state index is 0.207. The van der Waals surface area contributed by atoms with E-state index in [1.165, 1.54) is 6.42 Å². The van der Waals surface area contributed by atoms with Crippen molar-refractivity contribution in [2.24, 2.45) is 0 Å². The van der Waals surface area contributed by atoms with E-state index in [4.69, 9.17) is 4.74 Å². The van der Waals surface area contributed by atoms with Crippen LogP contribution in [0, 0.1) is 0 Å². The number of esters is 1. The molecule has 2 atom stereocenters. The van der Waals surface area contributed by atoms with Gasteiger partial charge < -0.3 is 9.72 Å². The minimum atomic E-state index is -0.377. The van der Waals surface area contributed by atoms with Crippen LogP contribution in [0.15, 0.2) is 30.5 Å². The summed E-state index contributed by atoms with van der Waals surface area (Å²) in [6.45, 7) is 0. The lowest BCUT2D eigenvalue weighted by molar-refractivity contribution is -0.116. The molecular formula is C17H20N2O2. The smallest absolute Gasteiger partial charge is 0.342 e. The van der Waals surface area contributed by atoms with Crippen LogP contribution in [0.4, 0.5) is 0 Å². The van der Waals surface area contributed by atoms with E-state index < -0.39 is 0 Å². The largest absolute Gasteiger partial charge is 0.440 e.